The molecule has 35 heavy (non-hydrogen) atoms. The zero-order valence-electron chi connectivity index (χ0n) is 19.7. The molecule has 5 rings (SSSR count). The van der Waals surface area contributed by atoms with Gasteiger partial charge in [0.25, 0.3) is 5.91 Å². The van der Waals surface area contributed by atoms with E-state index in [9.17, 15) is 9.59 Å². The van der Waals surface area contributed by atoms with Crippen molar-refractivity contribution in [1.29, 1.82) is 0 Å². The first kappa shape index (κ1) is 22.9. The molecular formula is C27H29N5O3. The molecule has 8 heteroatoms. The molecule has 8 nitrogen and oxygen atoms in total. The van der Waals surface area contributed by atoms with Crippen LogP contribution in [0.1, 0.15) is 36.0 Å². The van der Waals surface area contributed by atoms with Crippen molar-refractivity contribution in [3.8, 4) is 11.3 Å². The van der Waals surface area contributed by atoms with Gasteiger partial charge in [-0.25, -0.2) is 4.98 Å². The third-order valence-corrected chi connectivity index (χ3v) is 6.65. The van der Waals surface area contributed by atoms with Gasteiger partial charge in [0.15, 0.2) is 0 Å². The van der Waals surface area contributed by atoms with Crippen molar-refractivity contribution < 1.29 is 14.3 Å². The largest absolute Gasteiger partial charge is 0.468 e. The molecule has 1 amide bonds. The van der Waals surface area contributed by atoms with Crippen LogP contribution in [0.5, 0.6) is 0 Å². The van der Waals surface area contributed by atoms with Crippen molar-refractivity contribution in [2.24, 2.45) is 5.73 Å². The second-order valence-electron chi connectivity index (χ2n) is 9.03. The highest BCUT2D eigenvalue weighted by Crippen LogP contribution is 2.31. The Labute approximate surface area is 203 Å². The van der Waals surface area contributed by atoms with Gasteiger partial charge >= 0.3 is 5.97 Å². The number of nitrogens with two attached hydrogens (primary N) is 1. The molecule has 1 fully saturated rings. The normalized spacial score (nSPS) is 17.9. The summed E-state index contributed by atoms with van der Waals surface area (Å²) in [6.07, 6.45) is 5.44. The third kappa shape index (κ3) is 4.83. The summed E-state index contributed by atoms with van der Waals surface area (Å²) in [5.41, 5.74) is 8.74. The number of nitrogens with zero attached hydrogens (tertiary/aromatic N) is 2. The number of esters is 1. The summed E-state index contributed by atoms with van der Waals surface area (Å²) in [5, 5.41) is 8.52. The van der Waals surface area contributed by atoms with E-state index < -0.39 is 0 Å². The average molecular weight is 472 g/mol. The molecule has 2 aromatic carbocycles. The summed E-state index contributed by atoms with van der Waals surface area (Å²) >= 11 is 0. The number of rotatable bonds is 6. The van der Waals surface area contributed by atoms with Crippen LogP contribution in [0.2, 0.25) is 0 Å². The Kier molecular flexibility index (Phi) is 6.37. The molecule has 0 spiro atoms. The van der Waals surface area contributed by atoms with Gasteiger partial charge in [-0.1, -0.05) is 36.4 Å². The van der Waals surface area contributed by atoms with Crippen molar-refractivity contribution in [3.63, 3.8) is 0 Å². The van der Waals surface area contributed by atoms with Gasteiger partial charge in [-0.2, -0.15) is 0 Å². The first-order chi connectivity index (χ1) is 17.0. The van der Waals surface area contributed by atoms with Gasteiger partial charge in [-0.05, 0) is 54.7 Å². The number of aromatic nitrogens is 2. The highest BCUT2D eigenvalue weighted by Gasteiger charge is 2.22. The number of amides is 1. The Bertz CT molecular complexity index is 1390. The van der Waals surface area contributed by atoms with Crippen LogP contribution in [0.4, 0.5) is 5.82 Å². The lowest BCUT2D eigenvalue weighted by Gasteiger charge is -2.26. The number of benzene rings is 2. The van der Waals surface area contributed by atoms with Crippen LogP contribution in [0.3, 0.4) is 0 Å². The molecule has 1 saturated carbocycles. The lowest BCUT2D eigenvalue weighted by Crippen LogP contribution is -2.40. The number of fused-ring (bicyclic) bond motifs is 2. The minimum Gasteiger partial charge on any atom is -0.468 e. The highest BCUT2D eigenvalue weighted by molar-refractivity contribution is 5.96. The van der Waals surface area contributed by atoms with Gasteiger partial charge in [0, 0.05) is 29.4 Å². The topological polar surface area (TPSA) is 111 Å². The van der Waals surface area contributed by atoms with E-state index in [2.05, 4.69) is 28.8 Å². The quantitative estimate of drug-likeness (QED) is 0.370. The molecule has 0 radical (unpaired) electrons. The van der Waals surface area contributed by atoms with Gasteiger partial charge in [-0.3, -0.25) is 14.0 Å². The Balaban J connectivity index is 1.49. The molecule has 0 bridgehead atoms. The van der Waals surface area contributed by atoms with Crippen molar-refractivity contribution in [2.45, 2.75) is 37.8 Å². The second kappa shape index (κ2) is 9.76. The summed E-state index contributed by atoms with van der Waals surface area (Å²) in [5.74, 6) is 0.161. The van der Waals surface area contributed by atoms with E-state index in [-0.39, 0.29) is 30.5 Å². The molecule has 0 saturated heterocycles. The van der Waals surface area contributed by atoms with Crippen LogP contribution >= 0.6 is 0 Å². The van der Waals surface area contributed by atoms with Crippen LogP contribution in [-0.4, -0.2) is 47.0 Å². The predicted octanol–water partition coefficient (Wildman–Crippen LogP) is 3.74. The zero-order chi connectivity index (χ0) is 24.4. The molecular weight excluding hydrogens is 442 g/mol. The Hall–Kier alpha value is -3.91. The molecule has 1 aliphatic rings. The van der Waals surface area contributed by atoms with Crippen molar-refractivity contribution in [2.75, 3.05) is 19.0 Å². The standard InChI is InChI=1S/C27H29N5O3/c1-35-24(33)16-29-26-25(19-7-6-17-4-2-3-5-18(17)14-19)31-23-15-20(12-13-32(23)26)27(34)30-22-10-8-21(28)9-11-22/h2-7,12-15,21-22,29H,8-11,16,28H2,1H3,(H,30,34). The molecule has 0 atom stereocenters. The third-order valence-electron chi connectivity index (χ3n) is 6.65. The Morgan fingerprint density at radius 3 is 2.60 bits per heavy atom. The van der Waals surface area contributed by atoms with E-state index in [0.717, 1.165) is 42.0 Å². The molecule has 4 aromatic rings. The lowest BCUT2D eigenvalue weighted by molar-refractivity contribution is -0.138. The molecule has 180 valence electrons. The summed E-state index contributed by atoms with van der Waals surface area (Å²) in [7, 11) is 1.35. The van der Waals surface area contributed by atoms with Gasteiger partial charge in [0.05, 0.1) is 7.11 Å². The number of carbonyl (C=O) groups is 2. The van der Waals surface area contributed by atoms with Gasteiger partial charge in [-0.15, -0.1) is 0 Å². The first-order valence-electron chi connectivity index (χ1n) is 11.9. The maximum atomic E-state index is 12.9. The van der Waals surface area contributed by atoms with Crippen molar-refractivity contribution in [1.82, 2.24) is 14.7 Å². The lowest BCUT2D eigenvalue weighted by atomic mass is 9.91. The SMILES string of the molecule is COC(=O)CNc1c(-c2ccc3ccccc3c2)nc2cc(C(=O)NC3CCC(N)CC3)ccn12. The van der Waals surface area contributed by atoms with Gasteiger partial charge < -0.3 is 21.1 Å². The fourth-order valence-corrected chi connectivity index (χ4v) is 4.65. The number of methoxy groups -OCH3 is 1. The second-order valence-corrected chi connectivity index (χ2v) is 9.03. The average Bonchev–Trinajstić information content (AvgIpc) is 3.26. The van der Waals surface area contributed by atoms with E-state index in [0.29, 0.717) is 22.7 Å². The summed E-state index contributed by atoms with van der Waals surface area (Å²) in [4.78, 5) is 29.6. The summed E-state index contributed by atoms with van der Waals surface area (Å²) in [6.45, 7) is -0.00305. The maximum absolute atomic E-state index is 12.9. The highest BCUT2D eigenvalue weighted by atomic mass is 16.5. The monoisotopic (exact) mass is 471 g/mol. The molecule has 2 aromatic heterocycles. The first-order valence-corrected chi connectivity index (χ1v) is 11.9. The number of nitrogens with one attached hydrogen (secondary N) is 2. The summed E-state index contributed by atoms with van der Waals surface area (Å²) < 4.78 is 6.65. The zero-order valence-corrected chi connectivity index (χ0v) is 19.7. The Morgan fingerprint density at radius 2 is 1.83 bits per heavy atom. The molecule has 0 unspecified atom stereocenters. The van der Waals surface area contributed by atoms with Crippen LogP contribution in [0.15, 0.2) is 60.8 Å². The Morgan fingerprint density at radius 1 is 1.06 bits per heavy atom. The van der Waals surface area contributed by atoms with E-state index >= 15 is 0 Å². The van der Waals surface area contributed by atoms with Gasteiger partial charge in [0.1, 0.15) is 23.7 Å². The molecule has 4 N–H and O–H groups in total. The van der Waals surface area contributed by atoms with Crippen LogP contribution < -0.4 is 16.4 Å². The van der Waals surface area contributed by atoms with Crippen molar-refractivity contribution in [3.05, 3.63) is 66.4 Å². The fourth-order valence-electron chi connectivity index (χ4n) is 4.65. The molecule has 0 aliphatic heterocycles. The number of imidazole rings is 1. The smallest absolute Gasteiger partial charge is 0.325 e. The maximum Gasteiger partial charge on any atom is 0.325 e. The van der Waals surface area contributed by atoms with Crippen LogP contribution in [0.25, 0.3) is 27.7 Å². The predicted molar refractivity (Wildman–Crippen MR) is 136 cm³/mol. The summed E-state index contributed by atoms with van der Waals surface area (Å²) in [6, 6.07) is 18.2. The molecule has 1 aliphatic carbocycles. The number of hydrogen-bond donors (Lipinski definition) is 3. The van der Waals surface area contributed by atoms with E-state index in [1.165, 1.54) is 7.11 Å². The van der Waals surface area contributed by atoms with Crippen LogP contribution in [-0.2, 0) is 9.53 Å². The number of ether oxygens (including phenoxy) is 1. The molecule has 2 heterocycles. The number of carbonyl (C=O) groups excluding carboxylic acids is 2. The van der Waals surface area contributed by atoms with E-state index in [1.54, 1.807) is 18.3 Å². The number of anilines is 1. The van der Waals surface area contributed by atoms with Crippen LogP contribution in [0, 0.1) is 0 Å². The van der Waals surface area contributed by atoms with E-state index in [4.69, 9.17) is 15.5 Å². The fraction of sp³-hybridized carbons (Fsp3) is 0.296. The van der Waals surface area contributed by atoms with E-state index in [1.807, 2.05) is 28.7 Å². The number of pyridine rings is 1. The minimum absolute atomic E-state index is 0.00305. The van der Waals surface area contributed by atoms with Crippen molar-refractivity contribution >= 4 is 34.1 Å². The van der Waals surface area contributed by atoms with Gasteiger partial charge in [0.2, 0.25) is 0 Å². The minimum atomic E-state index is -0.382. The number of hydrogen-bond acceptors (Lipinski definition) is 6.